The first kappa shape index (κ1) is 11.1. The molecule has 1 aliphatic rings. The summed E-state index contributed by atoms with van der Waals surface area (Å²) in [5.41, 5.74) is 2.59. The molecule has 0 aliphatic carbocycles. The molecular weight excluding hydrogens is 226 g/mol. The molecule has 0 fully saturated rings. The summed E-state index contributed by atoms with van der Waals surface area (Å²) in [7, 11) is 1.82. The van der Waals surface area contributed by atoms with Crippen molar-refractivity contribution in [3.8, 4) is 11.3 Å². The Labute approximate surface area is 106 Å². The van der Waals surface area contributed by atoms with Crippen LogP contribution in [0.1, 0.15) is 19.4 Å². The number of carbonyl (C=O) groups is 1. The number of furan rings is 1. The van der Waals surface area contributed by atoms with Crippen molar-refractivity contribution >= 4 is 11.6 Å². The summed E-state index contributed by atoms with van der Waals surface area (Å²) < 4.78 is 5.40. The van der Waals surface area contributed by atoms with Gasteiger partial charge >= 0.3 is 0 Å². The van der Waals surface area contributed by atoms with Crippen molar-refractivity contribution in [2.75, 3.05) is 11.9 Å². The summed E-state index contributed by atoms with van der Waals surface area (Å²) in [6, 6.07) is 9.82. The van der Waals surface area contributed by atoms with Gasteiger partial charge in [-0.1, -0.05) is 0 Å². The van der Waals surface area contributed by atoms with Gasteiger partial charge in [-0.3, -0.25) is 4.79 Å². The lowest BCUT2D eigenvalue weighted by Crippen LogP contribution is -2.33. The summed E-state index contributed by atoms with van der Waals surface area (Å²) in [6.07, 6.45) is 1.66. The molecule has 0 saturated heterocycles. The zero-order chi connectivity index (χ0) is 12.9. The highest BCUT2D eigenvalue weighted by molar-refractivity contribution is 6.07. The smallest absolute Gasteiger partial charge is 0.236 e. The SMILES string of the molecule is CN1C(=O)C(C)(C)c2cc(-c3ccco3)ccc21. The van der Waals surface area contributed by atoms with E-state index in [4.69, 9.17) is 4.42 Å². The van der Waals surface area contributed by atoms with Gasteiger partial charge in [-0.15, -0.1) is 0 Å². The lowest BCUT2D eigenvalue weighted by molar-refractivity contribution is -0.121. The number of fused-ring (bicyclic) bond motifs is 1. The number of rotatable bonds is 1. The minimum absolute atomic E-state index is 0.133. The Hall–Kier alpha value is -2.03. The van der Waals surface area contributed by atoms with Gasteiger partial charge in [0.1, 0.15) is 5.76 Å². The van der Waals surface area contributed by atoms with Gasteiger partial charge in [-0.25, -0.2) is 0 Å². The average molecular weight is 241 g/mol. The number of nitrogens with zero attached hydrogens (tertiary/aromatic N) is 1. The van der Waals surface area contributed by atoms with E-state index in [1.807, 2.05) is 45.2 Å². The summed E-state index contributed by atoms with van der Waals surface area (Å²) in [5.74, 6) is 0.963. The van der Waals surface area contributed by atoms with Crippen molar-refractivity contribution in [2.45, 2.75) is 19.3 Å². The molecule has 3 heteroatoms. The minimum atomic E-state index is -0.466. The van der Waals surface area contributed by atoms with Crippen LogP contribution in [-0.2, 0) is 10.2 Å². The van der Waals surface area contributed by atoms with E-state index in [-0.39, 0.29) is 5.91 Å². The van der Waals surface area contributed by atoms with Gasteiger partial charge in [-0.2, -0.15) is 0 Å². The van der Waals surface area contributed by atoms with Gasteiger partial charge in [0.25, 0.3) is 0 Å². The number of amides is 1. The summed E-state index contributed by atoms with van der Waals surface area (Å²) in [4.78, 5) is 13.9. The van der Waals surface area contributed by atoms with Gasteiger partial charge < -0.3 is 9.32 Å². The quantitative estimate of drug-likeness (QED) is 0.768. The molecule has 1 amide bonds. The molecule has 18 heavy (non-hydrogen) atoms. The van der Waals surface area contributed by atoms with Crippen LogP contribution in [0.3, 0.4) is 0 Å². The fraction of sp³-hybridized carbons (Fsp3) is 0.267. The zero-order valence-electron chi connectivity index (χ0n) is 10.7. The largest absolute Gasteiger partial charge is 0.464 e. The molecule has 2 heterocycles. The van der Waals surface area contributed by atoms with Crippen molar-refractivity contribution in [3.63, 3.8) is 0 Å². The molecule has 2 aromatic rings. The van der Waals surface area contributed by atoms with E-state index < -0.39 is 5.41 Å². The van der Waals surface area contributed by atoms with Crippen LogP contribution in [0.25, 0.3) is 11.3 Å². The number of benzene rings is 1. The average Bonchev–Trinajstić information content (AvgIpc) is 2.94. The number of hydrogen-bond donors (Lipinski definition) is 0. The van der Waals surface area contributed by atoms with Crippen LogP contribution in [-0.4, -0.2) is 13.0 Å². The van der Waals surface area contributed by atoms with Crippen LogP contribution in [0.2, 0.25) is 0 Å². The van der Waals surface area contributed by atoms with E-state index in [9.17, 15) is 4.79 Å². The zero-order valence-corrected chi connectivity index (χ0v) is 10.7. The maximum atomic E-state index is 12.2. The summed E-state index contributed by atoms with van der Waals surface area (Å²) >= 11 is 0. The first-order valence-electron chi connectivity index (χ1n) is 5.98. The van der Waals surface area contributed by atoms with Gasteiger partial charge in [0.05, 0.1) is 11.7 Å². The second-order valence-corrected chi connectivity index (χ2v) is 5.20. The molecule has 0 atom stereocenters. The highest BCUT2D eigenvalue weighted by Crippen LogP contribution is 2.42. The van der Waals surface area contributed by atoms with Crippen molar-refractivity contribution in [3.05, 3.63) is 42.2 Å². The molecule has 0 radical (unpaired) electrons. The molecule has 3 rings (SSSR count). The maximum absolute atomic E-state index is 12.2. The summed E-state index contributed by atoms with van der Waals surface area (Å²) in [6.45, 7) is 3.92. The van der Waals surface area contributed by atoms with Crippen LogP contribution >= 0.6 is 0 Å². The van der Waals surface area contributed by atoms with E-state index in [2.05, 4.69) is 6.07 Å². The van der Waals surface area contributed by atoms with E-state index in [1.165, 1.54) is 0 Å². The Morgan fingerprint density at radius 2 is 2.00 bits per heavy atom. The second-order valence-electron chi connectivity index (χ2n) is 5.20. The molecule has 0 N–H and O–H groups in total. The summed E-state index contributed by atoms with van der Waals surface area (Å²) in [5, 5.41) is 0. The number of anilines is 1. The van der Waals surface area contributed by atoms with Gasteiger partial charge in [0.15, 0.2) is 0 Å². The molecule has 0 spiro atoms. The van der Waals surface area contributed by atoms with Crippen LogP contribution in [0.5, 0.6) is 0 Å². The van der Waals surface area contributed by atoms with E-state index in [0.29, 0.717) is 0 Å². The van der Waals surface area contributed by atoms with Gasteiger partial charge in [0, 0.05) is 18.3 Å². The normalized spacial score (nSPS) is 17.1. The molecule has 1 aromatic heterocycles. The third-order valence-corrected chi connectivity index (χ3v) is 3.68. The van der Waals surface area contributed by atoms with E-state index in [1.54, 1.807) is 11.2 Å². The Kier molecular flexibility index (Phi) is 2.14. The van der Waals surface area contributed by atoms with Crippen molar-refractivity contribution < 1.29 is 9.21 Å². The second kappa shape index (κ2) is 3.48. The number of hydrogen-bond acceptors (Lipinski definition) is 2. The molecular formula is C15H15NO2. The highest BCUT2D eigenvalue weighted by atomic mass is 16.3. The lowest BCUT2D eigenvalue weighted by Gasteiger charge is -2.16. The monoisotopic (exact) mass is 241 g/mol. The molecule has 92 valence electrons. The predicted octanol–water partition coefficient (Wildman–Crippen LogP) is 3.20. The lowest BCUT2D eigenvalue weighted by atomic mass is 9.85. The van der Waals surface area contributed by atoms with Gasteiger partial charge in [0.2, 0.25) is 5.91 Å². The minimum Gasteiger partial charge on any atom is -0.464 e. The number of carbonyl (C=O) groups excluding carboxylic acids is 1. The van der Waals surface area contributed by atoms with Crippen LogP contribution < -0.4 is 4.90 Å². The highest BCUT2D eigenvalue weighted by Gasteiger charge is 2.42. The Balaban J connectivity index is 2.18. The Morgan fingerprint density at radius 3 is 2.67 bits per heavy atom. The van der Waals surface area contributed by atoms with Crippen LogP contribution in [0, 0.1) is 0 Å². The Bertz CT molecular complexity index is 611. The third kappa shape index (κ3) is 1.33. The predicted molar refractivity (Wildman–Crippen MR) is 70.6 cm³/mol. The van der Waals surface area contributed by atoms with Crippen LogP contribution in [0.15, 0.2) is 41.0 Å². The topological polar surface area (TPSA) is 33.5 Å². The van der Waals surface area contributed by atoms with Crippen molar-refractivity contribution in [1.82, 2.24) is 0 Å². The van der Waals surface area contributed by atoms with E-state index >= 15 is 0 Å². The van der Waals surface area contributed by atoms with E-state index in [0.717, 1.165) is 22.6 Å². The molecule has 1 aliphatic heterocycles. The molecule has 0 bridgehead atoms. The van der Waals surface area contributed by atoms with Crippen LogP contribution in [0.4, 0.5) is 5.69 Å². The number of likely N-dealkylation sites (N-methyl/N-ethyl adjacent to an activating group) is 1. The Morgan fingerprint density at radius 1 is 1.22 bits per heavy atom. The fourth-order valence-electron chi connectivity index (χ4n) is 2.57. The van der Waals surface area contributed by atoms with Gasteiger partial charge in [-0.05, 0) is 49.7 Å². The first-order valence-corrected chi connectivity index (χ1v) is 5.98. The fourth-order valence-corrected chi connectivity index (χ4v) is 2.57. The maximum Gasteiger partial charge on any atom is 0.236 e. The molecule has 1 aromatic carbocycles. The first-order chi connectivity index (χ1) is 8.51. The van der Waals surface area contributed by atoms with Crippen molar-refractivity contribution in [1.29, 1.82) is 0 Å². The standard InChI is InChI=1S/C15H15NO2/c1-15(2)11-9-10(13-5-4-8-18-13)6-7-12(11)16(3)14(15)17/h4-9H,1-3H3. The molecule has 3 nitrogen and oxygen atoms in total. The third-order valence-electron chi connectivity index (χ3n) is 3.68. The van der Waals surface area contributed by atoms with Crippen molar-refractivity contribution in [2.24, 2.45) is 0 Å². The molecule has 0 unspecified atom stereocenters. The molecule has 0 saturated carbocycles.